The van der Waals surface area contributed by atoms with Crippen molar-refractivity contribution in [2.75, 3.05) is 32.2 Å². The Morgan fingerprint density at radius 2 is 1.96 bits per heavy atom. The summed E-state index contributed by atoms with van der Waals surface area (Å²) >= 11 is 0. The molecule has 0 aromatic rings. The van der Waals surface area contributed by atoms with Crippen molar-refractivity contribution < 1.29 is 27.5 Å². The first-order chi connectivity index (χ1) is 11.5. The molecule has 1 aliphatic heterocycles. The van der Waals surface area contributed by atoms with Crippen molar-refractivity contribution in [3.05, 3.63) is 11.3 Å². The van der Waals surface area contributed by atoms with Crippen LogP contribution in [0.4, 0.5) is 0 Å². The minimum Gasteiger partial charge on any atom is -0.406 e. The molecule has 140 valence electrons. The van der Waals surface area contributed by atoms with E-state index in [1.807, 2.05) is 6.92 Å². The third-order valence-corrected chi connectivity index (χ3v) is 7.47. The average molecular weight is 381 g/mol. The molecular weight excluding hydrogens is 353 g/mol. The molecule has 2 rings (SSSR count). The molecule has 1 heterocycles. The smallest absolute Gasteiger partial charge is 0.406 e. The Hall–Kier alpha value is -0.240. The van der Waals surface area contributed by atoms with E-state index in [0.717, 1.165) is 24.8 Å². The SMILES string of the molecule is CCOP(=O)(OCC)OC1=C2CCC[C@@H]2CN(CO)C1S(=O)CC. The largest absolute Gasteiger partial charge is 0.529 e. The normalized spacial score (nSPS) is 26.5. The standard InChI is InChI=1S/C15H28NO6PS/c1-4-20-23(18,21-5-2)22-14-13-9-7-8-12(13)10-16(11-17)15(14)24(19)6-3/h12,15,17H,4-11H2,1-3H3/t12-,15?,24?/m1/s1. The molecule has 0 saturated heterocycles. The highest BCUT2D eigenvalue weighted by Gasteiger charge is 2.44. The van der Waals surface area contributed by atoms with Gasteiger partial charge in [0.15, 0.2) is 0 Å². The van der Waals surface area contributed by atoms with E-state index in [1.165, 1.54) is 0 Å². The van der Waals surface area contributed by atoms with Crippen LogP contribution in [0.15, 0.2) is 11.3 Å². The van der Waals surface area contributed by atoms with Crippen molar-refractivity contribution in [3.8, 4) is 0 Å². The van der Waals surface area contributed by atoms with E-state index in [4.69, 9.17) is 13.6 Å². The molecular formula is C15H28NO6PS. The number of rotatable bonds is 9. The molecule has 0 aromatic heterocycles. The van der Waals surface area contributed by atoms with E-state index in [-0.39, 0.29) is 25.9 Å². The van der Waals surface area contributed by atoms with Crippen molar-refractivity contribution in [2.45, 2.75) is 45.4 Å². The Morgan fingerprint density at radius 3 is 2.50 bits per heavy atom. The zero-order chi connectivity index (χ0) is 17.7. The molecule has 3 atom stereocenters. The summed E-state index contributed by atoms with van der Waals surface area (Å²) in [4.78, 5) is 1.73. The van der Waals surface area contributed by atoms with Crippen LogP contribution < -0.4 is 0 Å². The summed E-state index contributed by atoms with van der Waals surface area (Å²) in [5.41, 5.74) is 1.05. The second-order valence-corrected chi connectivity index (χ2v) is 9.17. The monoisotopic (exact) mass is 381 g/mol. The van der Waals surface area contributed by atoms with Gasteiger partial charge in [0.2, 0.25) is 0 Å². The van der Waals surface area contributed by atoms with Crippen molar-refractivity contribution in [1.82, 2.24) is 4.90 Å². The van der Waals surface area contributed by atoms with Gasteiger partial charge < -0.3 is 9.63 Å². The van der Waals surface area contributed by atoms with Crippen molar-refractivity contribution in [3.63, 3.8) is 0 Å². The number of nitrogens with zero attached hydrogens (tertiary/aromatic N) is 1. The summed E-state index contributed by atoms with van der Waals surface area (Å²) in [6.45, 7) is 6.05. The average Bonchev–Trinajstić information content (AvgIpc) is 3.02. The van der Waals surface area contributed by atoms with E-state index in [0.29, 0.717) is 18.1 Å². The lowest BCUT2D eigenvalue weighted by Crippen LogP contribution is -2.47. The van der Waals surface area contributed by atoms with Crippen LogP contribution >= 0.6 is 7.82 Å². The number of hydrogen-bond donors (Lipinski definition) is 1. The number of aliphatic hydroxyl groups excluding tert-OH is 1. The molecule has 1 saturated carbocycles. The predicted octanol–water partition coefficient (Wildman–Crippen LogP) is 2.60. The summed E-state index contributed by atoms with van der Waals surface area (Å²) in [5.74, 6) is 1.07. The van der Waals surface area contributed by atoms with Crippen molar-refractivity contribution in [2.24, 2.45) is 5.92 Å². The molecule has 9 heteroatoms. The Kier molecular flexibility index (Phi) is 7.46. The molecule has 24 heavy (non-hydrogen) atoms. The van der Waals surface area contributed by atoms with Crippen molar-refractivity contribution >= 4 is 18.6 Å². The molecule has 1 fully saturated rings. The third-order valence-electron chi connectivity index (χ3n) is 4.32. The molecule has 0 aromatic carbocycles. The molecule has 7 nitrogen and oxygen atoms in total. The number of phosphoric ester groups is 1. The number of phosphoric acid groups is 1. The minimum atomic E-state index is -3.76. The third kappa shape index (κ3) is 4.29. The highest BCUT2D eigenvalue weighted by Crippen LogP contribution is 2.54. The summed E-state index contributed by atoms with van der Waals surface area (Å²) in [6, 6.07) is 0. The van der Waals surface area contributed by atoms with Gasteiger partial charge in [-0.15, -0.1) is 0 Å². The first-order valence-corrected chi connectivity index (χ1v) is 11.4. The van der Waals surface area contributed by atoms with Crippen molar-refractivity contribution in [1.29, 1.82) is 0 Å². The molecule has 2 aliphatic rings. The quantitative estimate of drug-likeness (QED) is 0.615. The van der Waals surface area contributed by atoms with Crippen LogP contribution in [0.1, 0.15) is 40.0 Å². The minimum absolute atomic E-state index is 0.189. The van der Waals surface area contributed by atoms with Crippen LogP contribution in [0.2, 0.25) is 0 Å². The van der Waals surface area contributed by atoms with Gasteiger partial charge in [-0.05, 0) is 44.6 Å². The van der Waals surface area contributed by atoms with E-state index in [1.54, 1.807) is 18.7 Å². The van der Waals surface area contributed by atoms with Gasteiger partial charge in [-0.1, -0.05) is 6.92 Å². The maximum Gasteiger partial charge on any atom is 0.529 e. The fraction of sp³-hybridized carbons (Fsp3) is 0.867. The van der Waals surface area contributed by atoms with Crippen LogP contribution in [0, 0.1) is 5.92 Å². The summed E-state index contributed by atoms with van der Waals surface area (Å²) in [6.07, 6.45) is 2.82. The molecule has 1 aliphatic carbocycles. The first kappa shape index (κ1) is 20.1. The molecule has 0 spiro atoms. The van der Waals surface area contributed by atoms with Gasteiger partial charge in [0.25, 0.3) is 0 Å². The zero-order valence-corrected chi connectivity index (χ0v) is 16.3. The predicted molar refractivity (Wildman–Crippen MR) is 92.6 cm³/mol. The lowest BCUT2D eigenvalue weighted by atomic mass is 9.97. The fourth-order valence-electron chi connectivity index (χ4n) is 3.35. The van der Waals surface area contributed by atoms with Gasteiger partial charge in [-0.25, -0.2) is 4.57 Å². The van der Waals surface area contributed by atoms with Crippen LogP contribution in [-0.4, -0.2) is 51.8 Å². The van der Waals surface area contributed by atoms with Crippen LogP contribution in [0.5, 0.6) is 0 Å². The molecule has 2 unspecified atom stereocenters. The maximum atomic E-state index is 12.8. The van der Waals surface area contributed by atoms with Gasteiger partial charge in [-0.2, -0.15) is 0 Å². The Balaban J connectivity index is 2.42. The fourth-order valence-corrected chi connectivity index (χ4v) is 5.93. The van der Waals surface area contributed by atoms with E-state index in [2.05, 4.69) is 0 Å². The van der Waals surface area contributed by atoms with Crippen LogP contribution in [0.3, 0.4) is 0 Å². The molecule has 0 amide bonds. The maximum absolute atomic E-state index is 12.8. The Labute approximate surface area is 146 Å². The molecule has 0 bridgehead atoms. The Morgan fingerprint density at radius 1 is 1.29 bits per heavy atom. The second kappa shape index (κ2) is 8.92. The lowest BCUT2D eigenvalue weighted by molar-refractivity contribution is 0.0628. The zero-order valence-electron chi connectivity index (χ0n) is 14.6. The lowest BCUT2D eigenvalue weighted by Gasteiger charge is -2.39. The first-order valence-electron chi connectivity index (χ1n) is 8.53. The van der Waals surface area contributed by atoms with Gasteiger partial charge in [0, 0.05) is 23.1 Å². The van der Waals surface area contributed by atoms with Gasteiger partial charge >= 0.3 is 7.82 Å². The van der Waals surface area contributed by atoms with Crippen LogP contribution in [-0.2, 0) is 28.9 Å². The summed E-state index contributed by atoms with van der Waals surface area (Å²) in [5, 5.41) is 9.12. The summed E-state index contributed by atoms with van der Waals surface area (Å²) < 4.78 is 41.7. The number of fused-ring (bicyclic) bond motifs is 1. The van der Waals surface area contributed by atoms with Gasteiger partial charge in [0.1, 0.15) is 11.1 Å². The van der Waals surface area contributed by atoms with E-state index >= 15 is 0 Å². The second-order valence-electron chi connectivity index (χ2n) is 5.79. The molecule has 0 radical (unpaired) electrons. The highest BCUT2D eigenvalue weighted by atomic mass is 32.2. The van der Waals surface area contributed by atoms with E-state index < -0.39 is 24.0 Å². The molecule has 1 N–H and O–H groups in total. The highest BCUT2D eigenvalue weighted by molar-refractivity contribution is 7.85. The number of hydrogen-bond acceptors (Lipinski definition) is 7. The van der Waals surface area contributed by atoms with Crippen LogP contribution in [0.25, 0.3) is 0 Å². The van der Waals surface area contributed by atoms with Gasteiger partial charge in [0.05, 0.1) is 19.9 Å². The summed E-state index contributed by atoms with van der Waals surface area (Å²) in [7, 11) is -5.04. The number of aliphatic hydroxyl groups is 1. The Bertz CT molecular complexity index is 530. The topological polar surface area (TPSA) is 85.3 Å². The van der Waals surface area contributed by atoms with Gasteiger partial charge in [-0.3, -0.25) is 18.2 Å². The van der Waals surface area contributed by atoms with E-state index in [9.17, 15) is 13.9 Å².